The molecule has 0 aromatic carbocycles. The van der Waals surface area contributed by atoms with E-state index < -0.39 is 0 Å². The van der Waals surface area contributed by atoms with Crippen molar-refractivity contribution in [3.8, 4) is 0 Å². The van der Waals surface area contributed by atoms with Gasteiger partial charge in [-0.25, -0.2) is 4.98 Å². The van der Waals surface area contributed by atoms with E-state index in [0.717, 1.165) is 26.2 Å². The minimum atomic E-state index is -0.169. The lowest BCUT2D eigenvalue weighted by molar-refractivity contribution is 0.316. The summed E-state index contributed by atoms with van der Waals surface area (Å²) in [5, 5.41) is 3.02. The van der Waals surface area contributed by atoms with Gasteiger partial charge in [0.1, 0.15) is 0 Å². The molecule has 0 spiro atoms. The molecule has 0 radical (unpaired) electrons. The van der Waals surface area contributed by atoms with E-state index in [-0.39, 0.29) is 5.56 Å². The quantitative estimate of drug-likeness (QED) is 0.718. The fourth-order valence-electron chi connectivity index (χ4n) is 1.35. The lowest BCUT2D eigenvalue weighted by Crippen LogP contribution is -2.30. The standard InChI is InChI=1S/C10H18N4O/c1-3-14(4-2)8-7-12-9-10(15)13-6-5-11-9/h5-6H,3-4,7-8H2,1-2H3,(H,11,12)(H,13,15). The first kappa shape index (κ1) is 11.7. The molecular formula is C10H18N4O. The van der Waals surface area contributed by atoms with Crippen molar-refractivity contribution in [3.63, 3.8) is 0 Å². The Labute approximate surface area is 89.5 Å². The molecule has 1 aromatic heterocycles. The Balaban J connectivity index is 2.38. The van der Waals surface area contributed by atoms with E-state index in [1.165, 1.54) is 6.20 Å². The van der Waals surface area contributed by atoms with Crippen molar-refractivity contribution in [1.29, 1.82) is 0 Å². The summed E-state index contributed by atoms with van der Waals surface area (Å²) in [6.45, 7) is 7.95. The van der Waals surface area contributed by atoms with Gasteiger partial charge in [-0.1, -0.05) is 13.8 Å². The second-order valence-corrected chi connectivity index (χ2v) is 3.22. The molecular weight excluding hydrogens is 192 g/mol. The van der Waals surface area contributed by atoms with Gasteiger partial charge in [0.25, 0.3) is 5.56 Å². The minimum absolute atomic E-state index is 0.169. The highest BCUT2D eigenvalue weighted by atomic mass is 16.1. The molecule has 5 heteroatoms. The number of aromatic amines is 1. The molecule has 15 heavy (non-hydrogen) atoms. The molecule has 0 atom stereocenters. The number of likely N-dealkylation sites (N-methyl/N-ethyl adjacent to an activating group) is 1. The van der Waals surface area contributed by atoms with Crippen LogP contribution in [0.3, 0.4) is 0 Å². The lowest BCUT2D eigenvalue weighted by atomic mass is 10.4. The summed E-state index contributed by atoms with van der Waals surface area (Å²) in [4.78, 5) is 20.0. The highest BCUT2D eigenvalue weighted by Crippen LogP contribution is 1.90. The van der Waals surface area contributed by atoms with E-state index in [4.69, 9.17) is 0 Å². The minimum Gasteiger partial charge on any atom is -0.364 e. The van der Waals surface area contributed by atoms with E-state index in [2.05, 4.69) is 34.0 Å². The van der Waals surface area contributed by atoms with Gasteiger partial charge in [0.15, 0.2) is 5.82 Å². The molecule has 84 valence electrons. The van der Waals surface area contributed by atoms with Gasteiger partial charge in [-0.15, -0.1) is 0 Å². The zero-order valence-corrected chi connectivity index (χ0v) is 9.29. The van der Waals surface area contributed by atoms with Crippen molar-refractivity contribution in [3.05, 3.63) is 22.7 Å². The maximum absolute atomic E-state index is 11.2. The molecule has 2 N–H and O–H groups in total. The number of aromatic nitrogens is 2. The van der Waals surface area contributed by atoms with Crippen LogP contribution in [-0.4, -0.2) is 41.0 Å². The van der Waals surface area contributed by atoms with Crippen LogP contribution in [0.15, 0.2) is 17.2 Å². The lowest BCUT2D eigenvalue weighted by Gasteiger charge is -2.17. The Kier molecular flexibility index (Phi) is 4.83. The number of nitrogens with one attached hydrogen (secondary N) is 2. The molecule has 5 nitrogen and oxygen atoms in total. The fraction of sp³-hybridized carbons (Fsp3) is 0.600. The number of nitrogens with zero attached hydrogens (tertiary/aromatic N) is 2. The first-order chi connectivity index (χ1) is 7.27. The molecule has 0 unspecified atom stereocenters. The largest absolute Gasteiger partial charge is 0.364 e. The molecule has 0 bridgehead atoms. The number of hydrogen-bond donors (Lipinski definition) is 2. The fourth-order valence-corrected chi connectivity index (χ4v) is 1.35. The SMILES string of the molecule is CCN(CC)CCNc1ncc[nH]c1=O. The zero-order valence-electron chi connectivity index (χ0n) is 9.29. The van der Waals surface area contributed by atoms with Crippen LogP contribution in [0, 0.1) is 0 Å². The average Bonchev–Trinajstić information content (AvgIpc) is 2.27. The van der Waals surface area contributed by atoms with Gasteiger partial charge in [0.05, 0.1) is 0 Å². The Morgan fingerprint density at radius 2 is 2.20 bits per heavy atom. The number of hydrogen-bond acceptors (Lipinski definition) is 4. The van der Waals surface area contributed by atoms with Crippen molar-refractivity contribution in [2.75, 3.05) is 31.5 Å². The second-order valence-electron chi connectivity index (χ2n) is 3.22. The van der Waals surface area contributed by atoms with Gasteiger partial charge in [-0.3, -0.25) is 4.79 Å². The van der Waals surface area contributed by atoms with E-state index in [1.54, 1.807) is 6.20 Å². The van der Waals surface area contributed by atoms with Gasteiger partial charge >= 0.3 is 0 Å². The van der Waals surface area contributed by atoms with Crippen molar-refractivity contribution in [1.82, 2.24) is 14.9 Å². The second kappa shape index (κ2) is 6.19. The summed E-state index contributed by atoms with van der Waals surface area (Å²) in [5.74, 6) is 0.393. The van der Waals surface area contributed by atoms with E-state index >= 15 is 0 Å². The van der Waals surface area contributed by atoms with Crippen molar-refractivity contribution < 1.29 is 0 Å². The number of rotatable bonds is 6. The predicted octanol–water partition coefficient (Wildman–Crippen LogP) is 0.524. The van der Waals surface area contributed by atoms with Crippen LogP contribution in [0.5, 0.6) is 0 Å². The maximum Gasteiger partial charge on any atom is 0.290 e. The first-order valence-electron chi connectivity index (χ1n) is 5.27. The molecule has 0 saturated carbocycles. The molecule has 0 amide bonds. The smallest absolute Gasteiger partial charge is 0.290 e. The average molecular weight is 210 g/mol. The summed E-state index contributed by atoms with van der Waals surface area (Å²) in [5.41, 5.74) is -0.169. The topological polar surface area (TPSA) is 61.0 Å². The third kappa shape index (κ3) is 3.71. The third-order valence-electron chi connectivity index (χ3n) is 2.32. The van der Waals surface area contributed by atoms with Gasteiger partial charge in [-0.05, 0) is 13.1 Å². The van der Waals surface area contributed by atoms with Crippen molar-refractivity contribution in [2.45, 2.75) is 13.8 Å². The molecule has 0 saturated heterocycles. The van der Waals surface area contributed by atoms with E-state index in [9.17, 15) is 4.79 Å². The van der Waals surface area contributed by atoms with Crippen LogP contribution in [0.4, 0.5) is 5.82 Å². The van der Waals surface area contributed by atoms with Gasteiger partial charge < -0.3 is 15.2 Å². The van der Waals surface area contributed by atoms with Crippen LogP contribution in [-0.2, 0) is 0 Å². The summed E-state index contributed by atoms with van der Waals surface area (Å²) >= 11 is 0. The molecule has 0 fully saturated rings. The molecule has 0 aliphatic rings. The highest BCUT2D eigenvalue weighted by molar-refractivity contribution is 5.29. The zero-order chi connectivity index (χ0) is 11.1. The summed E-state index contributed by atoms with van der Waals surface area (Å²) in [6, 6.07) is 0. The Morgan fingerprint density at radius 1 is 1.47 bits per heavy atom. The summed E-state index contributed by atoms with van der Waals surface area (Å²) in [7, 11) is 0. The van der Waals surface area contributed by atoms with Crippen LogP contribution in [0.2, 0.25) is 0 Å². The maximum atomic E-state index is 11.2. The van der Waals surface area contributed by atoms with E-state index in [1.807, 2.05) is 0 Å². The number of H-pyrrole nitrogens is 1. The van der Waals surface area contributed by atoms with E-state index in [0.29, 0.717) is 5.82 Å². The number of anilines is 1. The highest BCUT2D eigenvalue weighted by Gasteiger charge is 2.00. The first-order valence-corrected chi connectivity index (χ1v) is 5.27. The van der Waals surface area contributed by atoms with Crippen molar-refractivity contribution in [2.24, 2.45) is 0 Å². The van der Waals surface area contributed by atoms with Crippen molar-refractivity contribution >= 4 is 5.82 Å². The van der Waals surface area contributed by atoms with Crippen LogP contribution >= 0.6 is 0 Å². The van der Waals surface area contributed by atoms with Crippen LogP contribution < -0.4 is 10.9 Å². The molecule has 0 aliphatic heterocycles. The monoisotopic (exact) mass is 210 g/mol. The normalized spacial score (nSPS) is 10.6. The Morgan fingerprint density at radius 3 is 2.80 bits per heavy atom. The van der Waals surface area contributed by atoms with Gasteiger partial charge in [-0.2, -0.15) is 0 Å². The predicted molar refractivity (Wildman–Crippen MR) is 61.1 cm³/mol. The molecule has 1 aromatic rings. The molecule has 1 heterocycles. The van der Waals surface area contributed by atoms with Crippen LogP contribution in [0.1, 0.15) is 13.8 Å². The molecule has 1 rings (SSSR count). The summed E-state index contributed by atoms with van der Waals surface area (Å²) in [6.07, 6.45) is 3.10. The summed E-state index contributed by atoms with van der Waals surface area (Å²) < 4.78 is 0. The van der Waals surface area contributed by atoms with Gasteiger partial charge in [0, 0.05) is 25.5 Å². The Hall–Kier alpha value is -1.36. The van der Waals surface area contributed by atoms with Gasteiger partial charge in [0.2, 0.25) is 0 Å². The molecule has 0 aliphatic carbocycles. The Bertz CT molecular complexity index is 332. The van der Waals surface area contributed by atoms with Crippen LogP contribution in [0.25, 0.3) is 0 Å². The third-order valence-corrected chi connectivity index (χ3v) is 2.32.